The van der Waals surface area contributed by atoms with Crippen molar-refractivity contribution in [2.75, 3.05) is 13.7 Å². The van der Waals surface area contributed by atoms with E-state index in [0.29, 0.717) is 21.4 Å². The lowest BCUT2D eigenvalue weighted by atomic mass is 10.2. The maximum Gasteiger partial charge on any atom is 0.276 e. The lowest BCUT2D eigenvalue weighted by Crippen LogP contribution is -2.49. The molecule has 0 spiro atoms. The van der Waals surface area contributed by atoms with Gasteiger partial charge in [0.15, 0.2) is 11.7 Å². The number of thiophene rings is 1. The zero-order valence-electron chi connectivity index (χ0n) is 16.4. The number of nitrogens with one attached hydrogen (secondary N) is 3. The Kier molecular flexibility index (Phi) is 7.71. The highest BCUT2D eigenvalue weighted by Gasteiger charge is 2.18. The summed E-state index contributed by atoms with van der Waals surface area (Å²) in [5.41, 5.74) is 5.89. The molecule has 3 rings (SSSR count). The quantitative estimate of drug-likeness (QED) is 0.328. The fourth-order valence-electron chi connectivity index (χ4n) is 2.54. The Labute approximate surface area is 201 Å². The Morgan fingerprint density at radius 2 is 1.97 bits per heavy atom. The van der Waals surface area contributed by atoms with Crippen LogP contribution in [0.1, 0.15) is 15.2 Å². The van der Waals surface area contributed by atoms with Crippen molar-refractivity contribution >= 4 is 78.1 Å². The molecule has 0 aliphatic heterocycles. The first kappa shape index (κ1) is 23.3. The van der Waals surface area contributed by atoms with Crippen LogP contribution in [0.2, 0.25) is 5.02 Å². The van der Waals surface area contributed by atoms with Gasteiger partial charge in [-0.2, -0.15) is 0 Å². The van der Waals surface area contributed by atoms with E-state index in [4.69, 9.17) is 33.3 Å². The third-order valence-corrected chi connectivity index (χ3v) is 6.51. The molecule has 0 aliphatic carbocycles. The first-order valence-electron chi connectivity index (χ1n) is 8.83. The van der Waals surface area contributed by atoms with Crippen LogP contribution in [0, 0.1) is 6.92 Å². The minimum Gasteiger partial charge on any atom is -0.497 e. The van der Waals surface area contributed by atoms with Gasteiger partial charge in [0.25, 0.3) is 11.8 Å². The number of thiocarbonyl (C=S) groups is 1. The van der Waals surface area contributed by atoms with E-state index in [1.807, 2.05) is 19.1 Å². The first-order chi connectivity index (χ1) is 14.8. The van der Waals surface area contributed by atoms with Crippen molar-refractivity contribution < 1.29 is 19.1 Å². The van der Waals surface area contributed by atoms with Crippen molar-refractivity contribution in [1.82, 2.24) is 16.2 Å². The number of fused-ring (bicyclic) bond motifs is 1. The van der Waals surface area contributed by atoms with Crippen molar-refractivity contribution in [1.29, 1.82) is 0 Å². The number of hydrogen-bond donors (Lipinski definition) is 3. The zero-order valence-corrected chi connectivity index (χ0v) is 20.4. The molecule has 0 saturated heterocycles. The van der Waals surface area contributed by atoms with Gasteiger partial charge < -0.3 is 9.47 Å². The first-order valence-corrected chi connectivity index (χ1v) is 11.2. The Bertz CT molecular complexity index is 1170. The van der Waals surface area contributed by atoms with E-state index >= 15 is 0 Å². The highest BCUT2D eigenvalue weighted by Crippen LogP contribution is 2.37. The van der Waals surface area contributed by atoms with Crippen molar-refractivity contribution in [2.24, 2.45) is 0 Å². The van der Waals surface area contributed by atoms with E-state index in [-0.39, 0.29) is 11.7 Å². The van der Waals surface area contributed by atoms with Crippen LogP contribution < -0.4 is 25.6 Å². The molecule has 7 nitrogen and oxygen atoms in total. The van der Waals surface area contributed by atoms with E-state index in [1.54, 1.807) is 31.4 Å². The fraction of sp³-hybridized carbons (Fsp3) is 0.150. The van der Waals surface area contributed by atoms with Gasteiger partial charge in [-0.3, -0.25) is 25.8 Å². The minimum absolute atomic E-state index is 0.0824. The summed E-state index contributed by atoms with van der Waals surface area (Å²) in [5.74, 6) is 0.234. The van der Waals surface area contributed by atoms with Gasteiger partial charge in [-0.25, -0.2) is 0 Å². The molecule has 162 valence electrons. The van der Waals surface area contributed by atoms with Crippen molar-refractivity contribution in [3.63, 3.8) is 0 Å². The second-order valence-electron chi connectivity index (χ2n) is 6.29. The van der Waals surface area contributed by atoms with Crippen LogP contribution in [-0.2, 0) is 4.79 Å². The van der Waals surface area contributed by atoms with E-state index in [2.05, 4.69) is 32.1 Å². The molecule has 0 aliphatic rings. The summed E-state index contributed by atoms with van der Waals surface area (Å²) in [5, 5.41) is 3.46. The fourth-order valence-corrected chi connectivity index (χ4v) is 4.73. The maximum absolute atomic E-state index is 12.5. The van der Waals surface area contributed by atoms with Crippen molar-refractivity contribution in [3.8, 4) is 11.5 Å². The summed E-state index contributed by atoms with van der Waals surface area (Å²) in [4.78, 5) is 24.8. The lowest BCUT2D eigenvalue weighted by Gasteiger charge is -2.12. The Hall–Kier alpha value is -2.40. The molecule has 1 aromatic heterocycles. The van der Waals surface area contributed by atoms with Gasteiger partial charge in [-0.15, -0.1) is 11.3 Å². The van der Waals surface area contributed by atoms with Crippen LogP contribution in [0.4, 0.5) is 0 Å². The number of hydrazine groups is 1. The molecule has 2 aromatic carbocycles. The number of benzene rings is 2. The molecule has 0 radical (unpaired) electrons. The zero-order chi connectivity index (χ0) is 22.5. The number of carbonyl (C=O) groups is 2. The number of halogens is 2. The summed E-state index contributed by atoms with van der Waals surface area (Å²) in [6.45, 7) is 1.71. The molecule has 0 fully saturated rings. The molecule has 1 heterocycles. The lowest BCUT2D eigenvalue weighted by molar-refractivity contribution is -0.123. The highest BCUT2D eigenvalue weighted by atomic mass is 79.9. The normalized spacial score (nSPS) is 10.5. The van der Waals surface area contributed by atoms with Gasteiger partial charge in [-0.1, -0.05) is 17.7 Å². The Morgan fingerprint density at radius 1 is 1.19 bits per heavy atom. The summed E-state index contributed by atoms with van der Waals surface area (Å²) in [7, 11) is 1.56. The number of aryl methyl sites for hydroxylation is 1. The van der Waals surface area contributed by atoms with Gasteiger partial charge in [0.2, 0.25) is 0 Å². The Morgan fingerprint density at radius 3 is 2.68 bits per heavy atom. The number of ether oxygens (including phenoxy) is 2. The minimum atomic E-state index is -0.489. The SMILES string of the molecule is COc1ccc2c(Cl)c(C(=O)NC(=S)NNC(=O)COc3ccc(C)cc3Br)sc2c1. The van der Waals surface area contributed by atoms with Crippen LogP contribution in [0.15, 0.2) is 40.9 Å². The number of hydrogen-bond acceptors (Lipinski definition) is 6. The average molecular weight is 543 g/mol. The molecule has 2 amide bonds. The molecular weight excluding hydrogens is 526 g/mol. The number of rotatable bonds is 5. The molecule has 0 bridgehead atoms. The van der Waals surface area contributed by atoms with E-state index < -0.39 is 11.8 Å². The van der Waals surface area contributed by atoms with Gasteiger partial charge in [0.1, 0.15) is 16.4 Å². The second kappa shape index (κ2) is 10.3. The summed E-state index contributed by atoms with van der Waals surface area (Å²) in [6.07, 6.45) is 0. The van der Waals surface area contributed by atoms with Gasteiger partial charge in [0.05, 0.1) is 16.6 Å². The average Bonchev–Trinajstić information content (AvgIpc) is 3.07. The van der Waals surface area contributed by atoms with Gasteiger partial charge in [-0.05, 0) is 71.0 Å². The molecule has 3 aromatic rings. The van der Waals surface area contributed by atoms with Crippen LogP contribution in [0.25, 0.3) is 10.1 Å². The summed E-state index contributed by atoms with van der Waals surface area (Å²) >= 11 is 16.0. The summed E-state index contributed by atoms with van der Waals surface area (Å²) in [6, 6.07) is 10.9. The number of methoxy groups -OCH3 is 1. The van der Waals surface area contributed by atoms with Crippen LogP contribution in [0.3, 0.4) is 0 Å². The molecule has 11 heteroatoms. The van der Waals surface area contributed by atoms with Crippen LogP contribution in [-0.4, -0.2) is 30.6 Å². The smallest absolute Gasteiger partial charge is 0.276 e. The predicted octanol–water partition coefficient (Wildman–Crippen LogP) is 4.35. The monoisotopic (exact) mass is 541 g/mol. The molecule has 31 heavy (non-hydrogen) atoms. The maximum atomic E-state index is 12.5. The molecule has 0 unspecified atom stereocenters. The predicted molar refractivity (Wildman–Crippen MR) is 129 cm³/mol. The largest absolute Gasteiger partial charge is 0.497 e. The van der Waals surface area contributed by atoms with Crippen molar-refractivity contribution in [3.05, 3.63) is 56.3 Å². The molecule has 0 saturated carbocycles. The van der Waals surface area contributed by atoms with Gasteiger partial charge >= 0.3 is 0 Å². The van der Waals surface area contributed by atoms with E-state index in [9.17, 15) is 9.59 Å². The third-order valence-electron chi connectivity index (χ3n) is 4.03. The van der Waals surface area contributed by atoms with Gasteiger partial charge in [0, 0.05) is 10.1 Å². The summed E-state index contributed by atoms with van der Waals surface area (Å²) < 4.78 is 12.2. The standard InChI is InChI=1S/C20H17BrClN3O4S2/c1-10-3-6-14(13(21)7-10)29-9-16(26)24-25-20(30)23-19(27)18-17(22)12-5-4-11(28-2)8-15(12)31-18/h3-8H,9H2,1-2H3,(H,24,26)(H2,23,25,27,30). The van der Waals surface area contributed by atoms with Crippen molar-refractivity contribution in [2.45, 2.75) is 6.92 Å². The number of carbonyl (C=O) groups excluding carboxylic acids is 2. The molecule has 3 N–H and O–H groups in total. The number of amides is 2. The second-order valence-corrected chi connectivity index (χ2v) is 8.98. The Balaban J connectivity index is 1.52. The van der Waals surface area contributed by atoms with E-state index in [0.717, 1.165) is 20.1 Å². The van der Waals surface area contributed by atoms with Crippen LogP contribution in [0.5, 0.6) is 11.5 Å². The topological polar surface area (TPSA) is 88.7 Å². The van der Waals surface area contributed by atoms with Crippen LogP contribution >= 0.6 is 51.1 Å². The highest BCUT2D eigenvalue weighted by molar-refractivity contribution is 9.10. The third kappa shape index (κ3) is 5.85. The molecular formula is C20H17BrClN3O4S2. The van der Waals surface area contributed by atoms with E-state index in [1.165, 1.54) is 11.3 Å². The molecule has 0 atom stereocenters.